The Labute approximate surface area is 205 Å². The third-order valence-corrected chi connectivity index (χ3v) is 7.87. The Morgan fingerprint density at radius 1 is 0.943 bits per heavy atom. The van der Waals surface area contributed by atoms with E-state index in [0.29, 0.717) is 38.1 Å². The summed E-state index contributed by atoms with van der Waals surface area (Å²) in [6.07, 6.45) is 9.90. The van der Waals surface area contributed by atoms with Gasteiger partial charge in [0.2, 0.25) is 21.9 Å². The highest BCUT2D eigenvalue weighted by atomic mass is 32.2. The topological polar surface area (TPSA) is 135 Å². The first-order chi connectivity index (χ1) is 16.9. The maximum absolute atomic E-state index is 11.7. The molecule has 11 nitrogen and oxygen atoms in total. The van der Waals surface area contributed by atoms with Gasteiger partial charge in [0, 0.05) is 49.4 Å². The minimum absolute atomic E-state index is 0.221. The molecular formula is C23H31N9O2S. The highest BCUT2D eigenvalue weighted by Crippen LogP contribution is 2.23. The number of aryl methyl sites for hydroxylation is 2. The summed E-state index contributed by atoms with van der Waals surface area (Å²) in [4.78, 5) is 15.8. The lowest BCUT2D eigenvalue weighted by Gasteiger charge is -2.34. The molecular weight excluding hydrogens is 466 g/mol. The Morgan fingerprint density at radius 2 is 1.66 bits per heavy atom. The maximum Gasteiger partial charge on any atom is 0.254 e. The summed E-state index contributed by atoms with van der Waals surface area (Å²) in [5.41, 5.74) is 10.3. The number of nitrogen functional groups attached to an aromatic ring is 1. The van der Waals surface area contributed by atoms with Crippen LogP contribution in [0.25, 0.3) is 5.95 Å². The van der Waals surface area contributed by atoms with Crippen LogP contribution in [0.5, 0.6) is 0 Å². The second-order valence-electron chi connectivity index (χ2n) is 9.08. The molecule has 1 saturated heterocycles. The average Bonchev–Trinajstić information content (AvgIpc) is 3.19. The number of benzene rings is 1. The van der Waals surface area contributed by atoms with E-state index in [4.69, 9.17) is 10.7 Å². The summed E-state index contributed by atoms with van der Waals surface area (Å²) < 4.78 is 26.4. The van der Waals surface area contributed by atoms with E-state index in [-0.39, 0.29) is 5.95 Å². The Bertz CT molecular complexity index is 1280. The van der Waals surface area contributed by atoms with Gasteiger partial charge in [-0.25, -0.2) is 18.4 Å². The van der Waals surface area contributed by atoms with E-state index < -0.39 is 10.0 Å². The lowest BCUT2D eigenvalue weighted by molar-refractivity contribution is 0.388. The molecule has 1 fully saturated rings. The highest BCUT2D eigenvalue weighted by Gasteiger charge is 2.23. The summed E-state index contributed by atoms with van der Waals surface area (Å²) in [6.45, 7) is 2.29. The Morgan fingerprint density at radius 3 is 2.37 bits per heavy atom. The molecule has 35 heavy (non-hydrogen) atoms. The van der Waals surface area contributed by atoms with E-state index >= 15 is 0 Å². The van der Waals surface area contributed by atoms with Gasteiger partial charge in [-0.2, -0.15) is 14.0 Å². The number of nitrogens with one attached hydrogen (secondary N) is 1. The van der Waals surface area contributed by atoms with Gasteiger partial charge in [-0.15, -0.1) is 5.10 Å². The monoisotopic (exact) mass is 497 g/mol. The fraction of sp³-hybridized carbons (Fsp3) is 0.478. The Hall–Kier alpha value is -3.25. The van der Waals surface area contributed by atoms with E-state index in [0.717, 1.165) is 36.3 Å². The minimum atomic E-state index is -3.14. The summed E-state index contributed by atoms with van der Waals surface area (Å²) in [7, 11) is -3.14. The largest absolute Gasteiger partial charge is 0.369 e. The molecule has 1 aromatic carbocycles. The van der Waals surface area contributed by atoms with Crippen LogP contribution in [-0.2, 0) is 22.9 Å². The molecule has 3 heterocycles. The average molecular weight is 498 g/mol. The van der Waals surface area contributed by atoms with Gasteiger partial charge in [-0.3, -0.25) is 0 Å². The smallest absolute Gasteiger partial charge is 0.254 e. The number of sulfonamides is 1. The standard InChI is InChI=1S/C23H31N9O2S/c1-35(33,34)31-14-12-30(13-15-31)19-10-8-18(9-11-19)26-22-28-21(24)32(29-22)23-25-16-17-6-4-2-3-5-7-20(17)27-23/h8-11,16H,2-7,12-15H2,1H3,(H3,24,26,28,29). The van der Waals surface area contributed by atoms with Crippen LogP contribution >= 0.6 is 0 Å². The second kappa shape index (κ2) is 9.78. The van der Waals surface area contributed by atoms with Crippen molar-refractivity contribution in [3.63, 3.8) is 0 Å². The number of hydrogen-bond acceptors (Lipinski definition) is 9. The van der Waals surface area contributed by atoms with Gasteiger partial charge < -0.3 is 16.0 Å². The van der Waals surface area contributed by atoms with Gasteiger partial charge in [0.05, 0.1) is 6.26 Å². The van der Waals surface area contributed by atoms with E-state index in [1.165, 1.54) is 40.1 Å². The molecule has 186 valence electrons. The van der Waals surface area contributed by atoms with Crippen LogP contribution in [0.2, 0.25) is 0 Å². The van der Waals surface area contributed by atoms with Gasteiger partial charge in [-0.05, 0) is 55.5 Å². The molecule has 1 aliphatic heterocycles. The number of fused-ring (bicyclic) bond motifs is 1. The number of hydrogen-bond donors (Lipinski definition) is 2. The lowest BCUT2D eigenvalue weighted by atomic mass is 9.98. The number of anilines is 4. The van der Waals surface area contributed by atoms with Crippen molar-refractivity contribution in [3.8, 4) is 5.95 Å². The summed E-state index contributed by atoms with van der Waals surface area (Å²) in [5.74, 6) is 1.02. The zero-order chi connectivity index (χ0) is 24.4. The number of aromatic nitrogens is 5. The molecule has 5 rings (SSSR count). The maximum atomic E-state index is 11.7. The number of piperazine rings is 1. The molecule has 0 atom stereocenters. The third kappa shape index (κ3) is 5.38. The molecule has 0 saturated carbocycles. The van der Waals surface area contributed by atoms with Gasteiger partial charge in [0.25, 0.3) is 5.95 Å². The van der Waals surface area contributed by atoms with Crippen LogP contribution in [0.4, 0.5) is 23.3 Å². The fourth-order valence-corrected chi connectivity index (χ4v) is 5.43. The molecule has 0 amide bonds. The van der Waals surface area contributed by atoms with Crippen LogP contribution in [0.1, 0.15) is 36.9 Å². The normalized spacial score (nSPS) is 17.5. The molecule has 12 heteroatoms. The third-order valence-electron chi connectivity index (χ3n) is 6.57. The molecule has 2 aromatic heterocycles. The zero-order valence-corrected chi connectivity index (χ0v) is 20.7. The Kier molecular flexibility index (Phi) is 6.56. The van der Waals surface area contributed by atoms with Gasteiger partial charge >= 0.3 is 0 Å². The van der Waals surface area contributed by atoms with Crippen molar-refractivity contribution in [2.24, 2.45) is 0 Å². The first-order valence-corrected chi connectivity index (χ1v) is 13.9. The number of nitrogens with zero attached hydrogens (tertiary/aromatic N) is 7. The van der Waals surface area contributed by atoms with Crippen LogP contribution in [0, 0.1) is 0 Å². The summed E-state index contributed by atoms with van der Waals surface area (Å²) in [6, 6.07) is 7.88. The first kappa shape index (κ1) is 23.5. The fourth-order valence-electron chi connectivity index (χ4n) is 4.61. The highest BCUT2D eigenvalue weighted by molar-refractivity contribution is 7.88. The van der Waals surface area contributed by atoms with Gasteiger partial charge in [0.15, 0.2) is 0 Å². The van der Waals surface area contributed by atoms with E-state index in [1.807, 2.05) is 30.5 Å². The van der Waals surface area contributed by atoms with Crippen LogP contribution in [-0.4, -0.2) is 69.9 Å². The lowest BCUT2D eigenvalue weighted by Crippen LogP contribution is -2.48. The quantitative estimate of drug-likeness (QED) is 0.543. The molecule has 3 aromatic rings. The van der Waals surface area contributed by atoms with Crippen molar-refractivity contribution in [3.05, 3.63) is 41.7 Å². The van der Waals surface area contributed by atoms with Crippen molar-refractivity contribution < 1.29 is 8.42 Å². The van der Waals surface area contributed by atoms with Crippen molar-refractivity contribution in [1.82, 2.24) is 29.0 Å². The van der Waals surface area contributed by atoms with Crippen LogP contribution in [0.15, 0.2) is 30.5 Å². The molecule has 3 N–H and O–H groups in total. The number of nitrogens with two attached hydrogens (primary N) is 1. The van der Waals surface area contributed by atoms with Crippen molar-refractivity contribution in [2.45, 2.75) is 38.5 Å². The molecule has 0 bridgehead atoms. The van der Waals surface area contributed by atoms with E-state index in [1.54, 1.807) is 0 Å². The van der Waals surface area contributed by atoms with Crippen molar-refractivity contribution in [2.75, 3.05) is 48.4 Å². The first-order valence-electron chi connectivity index (χ1n) is 12.0. The molecule has 0 spiro atoms. The van der Waals surface area contributed by atoms with Crippen LogP contribution < -0.4 is 16.0 Å². The molecule has 0 radical (unpaired) electrons. The van der Waals surface area contributed by atoms with E-state index in [9.17, 15) is 8.42 Å². The zero-order valence-electron chi connectivity index (χ0n) is 19.9. The summed E-state index contributed by atoms with van der Waals surface area (Å²) in [5, 5.41) is 7.67. The van der Waals surface area contributed by atoms with Crippen LogP contribution in [0.3, 0.4) is 0 Å². The Balaban J connectivity index is 1.26. The van der Waals surface area contributed by atoms with Crippen molar-refractivity contribution >= 4 is 33.3 Å². The van der Waals surface area contributed by atoms with Crippen molar-refractivity contribution in [1.29, 1.82) is 0 Å². The molecule has 0 unspecified atom stereocenters. The predicted octanol–water partition coefficient (Wildman–Crippen LogP) is 2.12. The predicted molar refractivity (Wildman–Crippen MR) is 136 cm³/mol. The van der Waals surface area contributed by atoms with Gasteiger partial charge in [-0.1, -0.05) is 12.8 Å². The van der Waals surface area contributed by atoms with E-state index in [2.05, 4.69) is 25.3 Å². The molecule has 2 aliphatic rings. The SMILES string of the molecule is CS(=O)(=O)N1CCN(c2ccc(Nc3nc(N)n(-c4ncc5c(n4)CCCCCC5)n3)cc2)CC1. The second-order valence-corrected chi connectivity index (χ2v) is 11.1. The summed E-state index contributed by atoms with van der Waals surface area (Å²) >= 11 is 0. The molecule has 1 aliphatic carbocycles. The van der Waals surface area contributed by atoms with Gasteiger partial charge in [0.1, 0.15) is 0 Å². The number of rotatable bonds is 5. The minimum Gasteiger partial charge on any atom is -0.369 e.